The highest BCUT2D eigenvalue weighted by atomic mass is 16.5. The quantitative estimate of drug-likeness (QED) is 0.760. The molecule has 0 aliphatic carbocycles. The van der Waals surface area contributed by atoms with Gasteiger partial charge in [-0.25, -0.2) is 4.98 Å². The van der Waals surface area contributed by atoms with Crippen molar-refractivity contribution < 1.29 is 14.6 Å². The Bertz CT molecular complexity index is 1060. The fourth-order valence-corrected chi connectivity index (χ4v) is 4.66. The van der Waals surface area contributed by atoms with Crippen LogP contribution in [0.25, 0.3) is 5.65 Å². The Morgan fingerprint density at radius 2 is 2.18 bits per heavy atom. The van der Waals surface area contributed by atoms with Crippen LogP contribution in [0.15, 0.2) is 48.8 Å². The second-order valence-corrected chi connectivity index (χ2v) is 7.98. The van der Waals surface area contributed by atoms with E-state index in [-0.39, 0.29) is 18.4 Å². The molecule has 1 N–H and O–H groups in total. The number of pyridine rings is 1. The Morgan fingerprint density at radius 3 is 3.04 bits per heavy atom. The van der Waals surface area contributed by atoms with E-state index in [9.17, 15) is 9.90 Å². The number of rotatable bonds is 3. The zero-order chi connectivity index (χ0) is 19.3. The third-order valence-electron chi connectivity index (χ3n) is 6.26. The summed E-state index contributed by atoms with van der Waals surface area (Å²) >= 11 is 0. The van der Waals surface area contributed by atoms with E-state index < -0.39 is 5.41 Å². The van der Waals surface area contributed by atoms with Crippen molar-refractivity contribution in [2.24, 2.45) is 5.41 Å². The van der Waals surface area contributed by atoms with E-state index in [4.69, 9.17) is 4.74 Å². The second kappa shape index (κ2) is 6.34. The van der Waals surface area contributed by atoms with Gasteiger partial charge in [-0.15, -0.1) is 0 Å². The molecule has 1 fully saturated rings. The number of aliphatic hydroxyl groups is 1. The molecule has 5 rings (SSSR count). The molecule has 6 nitrogen and oxygen atoms in total. The van der Waals surface area contributed by atoms with Crippen LogP contribution in [0, 0.1) is 12.3 Å². The fraction of sp³-hybridized carbons (Fsp3) is 0.364. The third kappa shape index (κ3) is 2.52. The molecular formula is C22H23N3O3. The van der Waals surface area contributed by atoms with Gasteiger partial charge in [-0.1, -0.05) is 24.3 Å². The van der Waals surface area contributed by atoms with Gasteiger partial charge in [0, 0.05) is 31.4 Å². The number of carbonyl (C=O) groups excluding carboxylic acids is 1. The van der Waals surface area contributed by atoms with E-state index in [2.05, 4.69) is 4.98 Å². The number of imidazole rings is 1. The smallest absolute Gasteiger partial charge is 0.228 e. The molecule has 2 aliphatic heterocycles. The highest BCUT2D eigenvalue weighted by molar-refractivity contribution is 5.79. The number of aromatic nitrogens is 2. The van der Waals surface area contributed by atoms with Crippen molar-refractivity contribution in [3.8, 4) is 5.75 Å². The summed E-state index contributed by atoms with van der Waals surface area (Å²) in [5.41, 5.74) is 3.51. The molecular weight excluding hydrogens is 354 g/mol. The molecule has 0 radical (unpaired) electrons. The lowest BCUT2D eigenvalue weighted by Crippen LogP contribution is -2.42. The van der Waals surface area contributed by atoms with Gasteiger partial charge in [0.1, 0.15) is 11.4 Å². The summed E-state index contributed by atoms with van der Waals surface area (Å²) in [7, 11) is 0. The lowest BCUT2D eigenvalue weighted by molar-refractivity contribution is -0.130. The Balaban J connectivity index is 1.42. The lowest BCUT2D eigenvalue weighted by atomic mass is 9.74. The van der Waals surface area contributed by atoms with E-state index in [1.54, 1.807) is 6.20 Å². The van der Waals surface area contributed by atoms with E-state index >= 15 is 0 Å². The number of ether oxygens (including phenoxy) is 1. The average Bonchev–Trinajstić information content (AvgIpc) is 3.31. The van der Waals surface area contributed by atoms with Gasteiger partial charge in [-0.2, -0.15) is 0 Å². The maximum Gasteiger partial charge on any atom is 0.228 e. The van der Waals surface area contributed by atoms with Crippen LogP contribution in [0.5, 0.6) is 5.75 Å². The molecule has 1 amide bonds. The van der Waals surface area contributed by atoms with Crippen molar-refractivity contribution in [1.82, 2.24) is 14.3 Å². The summed E-state index contributed by atoms with van der Waals surface area (Å²) in [6, 6.07) is 11.9. The molecule has 2 aliphatic rings. The topological polar surface area (TPSA) is 67.1 Å². The first kappa shape index (κ1) is 17.3. The average molecular weight is 377 g/mol. The van der Waals surface area contributed by atoms with Crippen LogP contribution < -0.4 is 4.74 Å². The van der Waals surface area contributed by atoms with Crippen molar-refractivity contribution in [3.05, 3.63) is 65.6 Å². The van der Waals surface area contributed by atoms with Crippen LogP contribution in [-0.4, -0.2) is 51.6 Å². The second-order valence-electron chi connectivity index (χ2n) is 7.98. The van der Waals surface area contributed by atoms with Gasteiger partial charge < -0.3 is 19.1 Å². The summed E-state index contributed by atoms with van der Waals surface area (Å²) in [5, 5.41) is 10.2. The largest absolute Gasteiger partial charge is 0.493 e. The van der Waals surface area contributed by atoms with Crippen LogP contribution in [0.3, 0.4) is 0 Å². The zero-order valence-corrected chi connectivity index (χ0v) is 15.8. The van der Waals surface area contributed by atoms with Gasteiger partial charge in [0.15, 0.2) is 0 Å². The molecule has 0 saturated carbocycles. The van der Waals surface area contributed by atoms with Crippen molar-refractivity contribution in [2.75, 3.05) is 26.3 Å². The number of para-hydroxylation sites is 1. The first-order valence-corrected chi connectivity index (χ1v) is 9.63. The van der Waals surface area contributed by atoms with Crippen LogP contribution >= 0.6 is 0 Å². The number of aryl methyl sites for hydroxylation is 1. The van der Waals surface area contributed by atoms with Gasteiger partial charge in [-0.3, -0.25) is 4.79 Å². The Labute approximate surface area is 163 Å². The van der Waals surface area contributed by atoms with Gasteiger partial charge in [-0.05, 0) is 30.2 Å². The van der Waals surface area contributed by atoms with Crippen molar-refractivity contribution in [2.45, 2.75) is 19.3 Å². The number of nitrogens with zero attached hydrogens (tertiary/aromatic N) is 3. The summed E-state index contributed by atoms with van der Waals surface area (Å²) < 4.78 is 7.91. The molecule has 2 atom stereocenters. The highest BCUT2D eigenvalue weighted by Crippen LogP contribution is 2.49. The minimum atomic E-state index is -0.430. The number of aliphatic hydroxyl groups excluding tert-OH is 1. The Kier molecular flexibility index (Phi) is 3.91. The molecule has 28 heavy (non-hydrogen) atoms. The molecule has 144 valence electrons. The standard InChI is InChI=1S/C22H23N3O3/c1-15-5-4-8-25-16(10-23-21(15)25)9-20(27)24-11-18-17-6-2-3-7-19(17)28-14-22(18,12-24)13-26/h2-8,10,18,26H,9,11-14H2,1H3. The summed E-state index contributed by atoms with van der Waals surface area (Å²) in [5.74, 6) is 1.02. The molecule has 0 spiro atoms. The molecule has 1 saturated heterocycles. The Hall–Kier alpha value is -2.86. The number of fused-ring (bicyclic) bond motifs is 4. The van der Waals surface area contributed by atoms with Crippen LogP contribution in [-0.2, 0) is 11.2 Å². The molecule has 6 heteroatoms. The van der Waals surface area contributed by atoms with E-state index in [0.29, 0.717) is 26.1 Å². The van der Waals surface area contributed by atoms with Crippen LogP contribution in [0.1, 0.15) is 22.7 Å². The summed E-state index contributed by atoms with van der Waals surface area (Å²) in [4.78, 5) is 19.5. The number of likely N-dealkylation sites (tertiary alicyclic amines) is 1. The molecule has 3 aromatic rings. The summed E-state index contributed by atoms with van der Waals surface area (Å²) in [6.45, 7) is 3.57. The maximum atomic E-state index is 13.1. The molecule has 2 aromatic heterocycles. The van der Waals surface area contributed by atoms with Gasteiger partial charge >= 0.3 is 0 Å². The van der Waals surface area contributed by atoms with Gasteiger partial charge in [0.25, 0.3) is 0 Å². The minimum Gasteiger partial charge on any atom is -0.493 e. The number of hydrogen-bond acceptors (Lipinski definition) is 4. The number of amides is 1. The number of carbonyl (C=O) groups is 1. The molecule has 2 unspecified atom stereocenters. The molecule has 4 heterocycles. The maximum absolute atomic E-state index is 13.1. The van der Waals surface area contributed by atoms with Crippen molar-refractivity contribution >= 4 is 11.6 Å². The first-order valence-electron chi connectivity index (χ1n) is 9.63. The minimum absolute atomic E-state index is 0.00455. The van der Waals surface area contributed by atoms with Gasteiger partial charge in [0.05, 0.1) is 30.7 Å². The van der Waals surface area contributed by atoms with E-state index in [1.165, 1.54) is 0 Å². The normalized spacial score (nSPS) is 23.4. The Morgan fingerprint density at radius 1 is 1.32 bits per heavy atom. The number of benzene rings is 1. The monoisotopic (exact) mass is 377 g/mol. The van der Waals surface area contributed by atoms with Crippen LogP contribution in [0.2, 0.25) is 0 Å². The fourth-order valence-electron chi connectivity index (χ4n) is 4.66. The lowest BCUT2D eigenvalue weighted by Gasteiger charge is -2.37. The SMILES string of the molecule is Cc1cccn2c(CC(=O)N3CC4c5ccccc5OCC4(CO)C3)cnc12. The van der Waals surface area contributed by atoms with Gasteiger partial charge in [0.2, 0.25) is 5.91 Å². The molecule has 1 aromatic carbocycles. The zero-order valence-electron chi connectivity index (χ0n) is 15.8. The predicted octanol–water partition coefficient (Wildman–Crippen LogP) is 2.18. The van der Waals surface area contributed by atoms with Crippen molar-refractivity contribution in [3.63, 3.8) is 0 Å². The molecule has 0 bridgehead atoms. The van der Waals surface area contributed by atoms with E-state index in [1.807, 2.05) is 58.8 Å². The third-order valence-corrected chi connectivity index (χ3v) is 6.26. The number of hydrogen-bond donors (Lipinski definition) is 1. The van der Waals surface area contributed by atoms with E-state index in [0.717, 1.165) is 28.2 Å². The summed E-state index contributed by atoms with van der Waals surface area (Å²) in [6.07, 6.45) is 4.02. The van der Waals surface area contributed by atoms with Crippen molar-refractivity contribution in [1.29, 1.82) is 0 Å². The first-order chi connectivity index (χ1) is 13.6. The predicted molar refractivity (Wildman–Crippen MR) is 104 cm³/mol. The van der Waals surface area contributed by atoms with Crippen LogP contribution in [0.4, 0.5) is 0 Å². The highest BCUT2D eigenvalue weighted by Gasteiger charge is 2.51.